The standard InChI is InChI=1S/C29H28O13.C16H20O9.C15H22O10.C15H22O9.C10H16O2/c1-2-16-17-6-7-38-26(36)19(17)12-39-28(16)42-29-25(24(35)23(34)21(11-30)40-29)41-27(37)22-18(9-15(32)10-20(22)33)13-4-3-5-14(31)8-13;1-2-7-8-3-4-22-14(21)9(8)6-23-15(7)25-16-13(20)12(19)11(18)10(5-17)24-16;16-3-6-9(19)10(20)11(21)14(23-6)24-13-7-5(1-2-22-13)8(18)12-15(7,4-17)25-12;16-4-6-3-8(18)7-1-2-22-14(10(6)7)24-15-13(21)12(20)11(19)9(5-17)23-15;1-6-3-4-8-7(2)10(11)12-5-9(6)8/h2-6,8-10,12,16,21,23-25,28-35H,1,7,11H2;2-3,6-7,10-13,15-20H,1,4-5H2;1-2,5-14,16-21H,3-4H2;1-3,7-21H,4-5H2;6-9H,3-5H2,1-2H3/t16-,21-,23-,24+,25-,28+,29+;7-,10-,11-,12+,13-,15+,16+;5-,6-,7-,8+,9-,10+,11-,12+,13+,14+,15-;7-,8+,9+,10+,11+,12-,13+,14-,15-;6-,7-,8+,9+/m11100/s1. The van der Waals surface area contributed by atoms with Crippen LogP contribution in [0.15, 0.2) is 145 Å². The molecule has 706 valence electrons. The average molecular weight is 1820 g/mol. The monoisotopic (exact) mass is 1820 g/mol. The second-order valence-electron chi connectivity index (χ2n) is 33.0. The van der Waals surface area contributed by atoms with E-state index < -0.39 is 251 Å². The molecule has 43 heteroatoms. The average Bonchev–Trinajstić information content (AvgIpc) is 1.51. The molecule has 2 aromatic carbocycles. The third-order valence-corrected chi connectivity index (χ3v) is 25.5. The van der Waals surface area contributed by atoms with Gasteiger partial charge in [-0.3, -0.25) is 4.79 Å². The van der Waals surface area contributed by atoms with E-state index in [2.05, 4.69) is 20.1 Å². The van der Waals surface area contributed by atoms with Crippen molar-refractivity contribution in [3.05, 3.63) is 151 Å². The third kappa shape index (κ3) is 19.6. The van der Waals surface area contributed by atoms with Crippen molar-refractivity contribution < 1.29 is 212 Å². The highest BCUT2D eigenvalue weighted by Crippen LogP contribution is 2.60. The highest BCUT2D eigenvalue weighted by atomic mass is 16.8. The Morgan fingerprint density at radius 1 is 0.523 bits per heavy atom. The number of hydrogen-bond acceptors (Lipinski definition) is 43. The van der Waals surface area contributed by atoms with Crippen molar-refractivity contribution in [3.8, 4) is 28.4 Å². The molecule has 6 saturated heterocycles. The summed E-state index contributed by atoms with van der Waals surface area (Å²) in [6, 6.07) is 7.74. The number of esters is 4. The van der Waals surface area contributed by atoms with Crippen LogP contribution in [0, 0.1) is 59.2 Å². The SMILES string of the molecule is C=C[C@@H]1C2=CCOC(=O)C2=CO[C@H]1O[C@@H]1O[C@H](CO)[C@@H](O)[C@H](O)[C@H]1O.C=C[C@@H]1C2=CCOC(=O)C2=CO[C@H]1O[C@@H]1O[C@H](CO)[C@@H](O)[C@H](O)[C@H]1OC(=O)c1c(O)cc(O)cc1-c1cccc(O)c1.C[C@@H]1C(=O)OC[C@H]2[C@@H]1CC[C@@H]2C.OCC1=C[C@@H](O)[C@@H]2C=CO[C@@H](O[C@@H]3O[C@H](CO)[C@@H](O)[C@H](O)[C@H]3O)[C@H]12.OC[C@H]1O[C@@H](O[C@@H]2OC=C[C@H]3[C@H](O)[C@@H]4O[C@]4(CO)[C@@H]23)[C@H](O)[C@@H](O)[C@@H]1O. The molecule has 15 aliphatic rings. The highest BCUT2D eigenvalue weighted by molar-refractivity contribution is 6.01. The number of aliphatic hydroxyl groups excluding tert-OH is 19. The van der Waals surface area contributed by atoms with Gasteiger partial charge in [0.05, 0.1) is 112 Å². The van der Waals surface area contributed by atoms with Crippen LogP contribution in [-0.4, -0.2) is 368 Å². The van der Waals surface area contributed by atoms with Crippen molar-refractivity contribution in [3.63, 3.8) is 0 Å². The van der Waals surface area contributed by atoms with Gasteiger partial charge < -0.3 is 193 Å². The molecule has 3 aliphatic carbocycles. The normalized spacial score (nSPS) is 42.0. The summed E-state index contributed by atoms with van der Waals surface area (Å²) < 4.78 is 92.3. The fraction of sp³-hybridized carbons (Fsp3) is 0.600. The number of fused-ring (bicyclic) bond motifs is 7. The van der Waals surface area contributed by atoms with E-state index in [0.29, 0.717) is 35.2 Å². The zero-order chi connectivity index (χ0) is 92.3. The lowest BCUT2D eigenvalue weighted by atomic mass is 9.81. The Morgan fingerprint density at radius 2 is 1.02 bits per heavy atom. The van der Waals surface area contributed by atoms with Crippen molar-refractivity contribution in [1.82, 2.24) is 0 Å². The molecular formula is C85H108O43. The Balaban J connectivity index is 0.000000143. The fourth-order valence-corrected chi connectivity index (χ4v) is 18.2. The molecule has 17 rings (SSSR count). The van der Waals surface area contributed by atoms with E-state index in [0.717, 1.165) is 18.2 Å². The number of phenols is 3. The van der Waals surface area contributed by atoms with Gasteiger partial charge in [0.15, 0.2) is 25.0 Å². The highest BCUT2D eigenvalue weighted by Gasteiger charge is 2.76. The number of hydrogen-bond donors (Lipinski definition) is 22. The number of ether oxygens (including phenoxy) is 17. The minimum atomic E-state index is -1.84. The van der Waals surface area contributed by atoms with Gasteiger partial charge in [0.1, 0.15) is 152 Å². The van der Waals surface area contributed by atoms with Gasteiger partial charge in [0.25, 0.3) is 0 Å². The molecule has 43 nitrogen and oxygen atoms in total. The lowest BCUT2D eigenvalue weighted by molar-refractivity contribution is -0.344. The van der Waals surface area contributed by atoms with E-state index in [4.69, 9.17) is 80.5 Å². The molecule has 0 aromatic heterocycles. The summed E-state index contributed by atoms with van der Waals surface area (Å²) in [5, 5.41) is 218. The molecule has 0 radical (unpaired) electrons. The van der Waals surface area contributed by atoms with E-state index in [1.54, 1.807) is 24.3 Å². The number of cyclic esters (lactones) is 3. The summed E-state index contributed by atoms with van der Waals surface area (Å²) in [4.78, 5) is 48.6. The minimum absolute atomic E-state index is 0.0118. The van der Waals surface area contributed by atoms with Gasteiger partial charge in [0, 0.05) is 23.5 Å². The van der Waals surface area contributed by atoms with Gasteiger partial charge >= 0.3 is 23.9 Å². The Kier molecular flexibility index (Phi) is 31.4. The summed E-state index contributed by atoms with van der Waals surface area (Å²) in [7, 11) is 0. The smallest absolute Gasteiger partial charge is 0.343 e. The lowest BCUT2D eigenvalue weighted by Crippen LogP contribution is -2.61. The summed E-state index contributed by atoms with van der Waals surface area (Å²) in [6.07, 6.45) is -17.1. The van der Waals surface area contributed by atoms with Gasteiger partial charge in [-0.05, 0) is 89.0 Å². The molecule has 12 heterocycles. The summed E-state index contributed by atoms with van der Waals surface area (Å²) in [5.41, 5.74) is 0.876. The Labute approximate surface area is 729 Å². The van der Waals surface area contributed by atoms with Crippen LogP contribution in [-0.2, 0) is 94.9 Å². The molecule has 8 fully saturated rings. The molecule has 38 atom stereocenters. The Morgan fingerprint density at radius 3 is 1.52 bits per heavy atom. The first-order chi connectivity index (χ1) is 61.2. The second-order valence-corrected chi connectivity index (χ2v) is 33.0. The number of epoxide rings is 1. The number of rotatable bonds is 19. The number of carbonyl (C=O) groups is 4. The number of benzene rings is 2. The van der Waals surface area contributed by atoms with E-state index in [1.165, 1.54) is 80.2 Å². The lowest BCUT2D eigenvalue weighted by Gasteiger charge is -2.43. The molecule has 128 heavy (non-hydrogen) atoms. The van der Waals surface area contributed by atoms with Crippen LogP contribution in [0.2, 0.25) is 0 Å². The molecule has 0 bridgehead atoms. The molecule has 0 spiro atoms. The Hall–Kier alpha value is -8.54. The van der Waals surface area contributed by atoms with Gasteiger partial charge in [-0.2, -0.15) is 0 Å². The van der Waals surface area contributed by atoms with Crippen molar-refractivity contribution in [2.75, 3.05) is 59.5 Å². The van der Waals surface area contributed by atoms with Crippen LogP contribution in [0.4, 0.5) is 0 Å². The molecule has 2 aromatic rings. The van der Waals surface area contributed by atoms with E-state index in [9.17, 15) is 132 Å². The first-order valence-corrected chi connectivity index (χ1v) is 41.4. The minimum Gasteiger partial charge on any atom is -0.508 e. The van der Waals surface area contributed by atoms with Gasteiger partial charge in [-0.15, -0.1) is 13.2 Å². The van der Waals surface area contributed by atoms with Crippen LogP contribution < -0.4 is 0 Å². The van der Waals surface area contributed by atoms with Crippen molar-refractivity contribution >= 4 is 23.9 Å². The third-order valence-electron chi connectivity index (χ3n) is 25.5. The molecule has 0 unspecified atom stereocenters. The number of aromatic hydroxyl groups is 3. The first kappa shape index (κ1) is 97.0. The maximum atomic E-state index is 13.5. The fourth-order valence-electron chi connectivity index (χ4n) is 18.2. The van der Waals surface area contributed by atoms with Crippen molar-refractivity contribution in [2.24, 2.45) is 59.2 Å². The zero-order valence-corrected chi connectivity index (χ0v) is 68.8. The van der Waals surface area contributed by atoms with E-state index >= 15 is 0 Å². The summed E-state index contributed by atoms with van der Waals surface area (Å²) in [5.74, 6) is -4.37. The maximum absolute atomic E-state index is 13.5. The number of aliphatic hydroxyl groups is 19. The quantitative estimate of drug-likeness (QED) is 0.0270. The molecule has 2 saturated carbocycles. The predicted octanol–water partition coefficient (Wildman–Crippen LogP) is -5.24. The van der Waals surface area contributed by atoms with Crippen LogP contribution in [0.5, 0.6) is 17.2 Å². The van der Waals surface area contributed by atoms with Crippen molar-refractivity contribution in [2.45, 2.75) is 199 Å². The second kappa shape index (κ2) is 41.5. The van der Waals surface area contributed by atoms with Crippen LogP contribution in [0.25, 0.3) is 11.1 Å². The van der Waals surface area contributed by atoms with Crippen molar-refractivity contribution in [1.29, 1.82) is 0 Å². The molecule has 12 aliphatic heterocycles. The number of carbonyl (C=O) groups excluding carboxylic acids is 4. The molecule has 0 amide bonds. The van der Waals surface area contributed by atoms with E-state index in [1.807, 2.05) is 6.92 Å². The Bertz CT molecular complexity index is 4470. The first-order valence-electron chi connectivity index (χ1n) is 41.4. The molecular weight excluding hydrogens is 1710 g/mol. The van der Waals surface area contributed by atoms with Gasteiger partial charge in [-0.25, -0.2) is 14.4 Å². The largest absolute Gasteiger partial charge is 0.508 e. The summed E-state index contributed by atoms with van der Waals surface area (Å²) >= 11 is 0. The summed E-state index contributed by atoms with van der Waals surface area (Å²) in [6.45, 7) is 9.51. The van der Waals surface area contributed by atoms with Crippen LogP contribution in [0.1, 0.15) is 37.0 Å². The van der Waals surface area contributed by atoms with Crippen LogP contribution >= 0.6 is 0 Å². The molecule has 22 N–H and O–H groups in total. The number of phenolic OH excluding ortho intramolecular Hbond substituents is 3. The van der Waals surface area contributed by atoms with Crippen LogP contribution in [0.3, 0.4) is 0 Å². The predicted molar refractivity (Wildman–Crippen MR) is 420 cm³/mol. The maximum Gasteiger partial charge on any atom is 0.343 e. The zero-order valence-electron chi connectivity index (χ0n) is 68.8. The topological polar surface area (TPSA) is 674 Å². The van der Waals surface area contributed by atoms with Gasteiger partial charge in [-0.1, -0.05) is 50.6 Å². The van der Waals surface area contributed by atoms with Gasteiger partial charge in [0.2, 0.25) is 31.5 Å². The van der Waals surface area contributed by atoms with E-state index in [-0.39, 0.29) is 83.9 Å².